The molecule has 0 spiro atoms. The Morgan fingerprint density at radius 3 is 2.70 bits per heavy atom. The molecule has 46 heavy (non-hydrogen) atoms. The lowest BCUT2D eigenvalue weighted by Crippen LogP contribution is -2.63. The van der Waals surface area contributed by atoms with E-state index in [1.54, 1.807) is 12.1 Å². The van der Waals surface area contributed by atoms with Crippen molar-refractivity contribution >= 4 is 50.8 Å². The molecule has 2 aromatic heterocycles. The molecule has 0 amide bonds. The molecule has 2 heterocycles. The number of ether oxygens (including phenoxy) is 1. The average molecular weight is 665 g/mol. The van der Waals surface area contributed by atoms with Crippen molar-refractivity contribution in [1.82, 2.24) is 4.98 Å². The number of aliphatic hydroxyl groups is 1. The molecule has 1 aromatic carbocycles. The summed E-state index contributed by atoms with van der Waals surface area (Å²) in [4.78, 5) is 42.5. The van der Waals surface area contributed by atoms with Crippen LogP contribution >= 0.6 is 23.1 Å². The topological polar surface area (TPSA) is 124 Å². The van der Waals surface area contributed by atoms with Crippen molar-refractivity contribution in [3.63, 3.8) is 0 Å². The zero-order chi connectivity index (χ0) is 33.0. The first-order valence-electron chi connectivity index (χ1n) is 16.0. The van der Waals surface area contributed by atoms with E-state index in [1.807, 2.05) is 36.0 Å². The average Bonchev–Trinajstić information content (AvgIpc) is 3.61. The number of nitro groups is 1. The number of carbonyl (C=O) groups is 2. The molecule has 244 valence electrons. The minimum atomic E-state index is -0.696. The Morgan fingerprint density at radius 1 is 1.26 bits per heavy atom. The second-order valence-corrected chi connectivity index (χ2v) is 16.4. The molecule has 0 radical (unpaired) electrons. The summed E-state index contributed by atoms with van der Waals surface area (Å²) in [6.45, 7) is 13.1. The van der Waals surface area contributed by atoms with Crippen molar-refractivity contribution in [2.45, 2.75) is 82.9 Å². The number of pyridine rings is 1. The Morgan fingerprint density at radius 2 is 2.00 bits per heavy atom. The van der Waals surface area contributed by atoms with E-state index in [-0.39, 0.29) is 46.4 Å². The van der Waals surface area contributed by atoms with Gasteiger partial charge in [0.1, 0.15) is 16.6 Å². The van der Waals surface area contributed by atoms with E-state index in [0.29, 0.717) is 19.4 Å². The second-order valence-electron chi connectivity index (χ2n) is 14.1. The molecule has 3 aliphatic rings. The van der Waals surface area contributed by atoms with Crippen molar-refractivity contribution in [3.8, 4) is 0 Å². The Bertz CT molecular complexity index is 1690. The molecule has 0 saturated heterocycles. The number of non-ortho nitro benzene ring substituents is 1. The maximum Gasteiger partial charge on any atom is 0.316 e. The largest absolute Gasteiger partial charge is 0.461 e. The van der Waals surface area contributed by atoms with Gasteiger partial charge in [-0.3, -0.25) is 19.7 Å². The number of fused-ring (bicyclic) bond motifs is 1. The van der Waals surface area contributed by atoms with Crippen LogP contribution in [0.5, 0.6) is 0 Å². The number of aromatic nitrogens is 2. The van der Waals surface area contributed by atoms with Crippen molar-refractivity contribution in [3.05, 3.63) is 71.1 Å². The van der Waals surface area contributed by atoms with Gasteiger partial charge in [-0.2, -0.15) is 4.57 Å². The van der Waals surface area contributed by atoms with Crippen LogP contribution in [-0.4, -0.2) is 44.7 Å². The normalized spacial score (nSPS) is 34.0. The summed E-state index contributed by atoms with van der Waals surface area (Å²) in [6.07, 6.45) is 8.01. The highest BCUT2D eigenvalue weighted by Gasteiger charge is 2.68. The van der Waals surface area contributed by atoms with Gasteiger partial charge < -0.3 is 9.84 Å². The minimum Gasteiger partial charge on any atom is -0.461 e. The number of nitro benzene ring substituents is 1. The maximum atomic E-state index is 13.6. The van der Waals surface area contributed by atoms with Crippen LogP contribution in [0.4, 0.5) is 5.69 Å². The van der Waals surface area contributed by atoms with E-state index in [9.17, 15) is 24.8 Å². The zero-order valence-corrected chi connectivity index (χ0v) is 28.4. The summed E-state index contributed by atoms with van der Waals surface area (Å²) in [5, 5.41) is 22.7. The number of rotatable bonds is 8. The lowest BCUT2D eigenvalue weighted by atomic mass is 9.44. The lowest BCUT2D eigenvalue weighted by Gasteiger charge is -2.61. The lowest BCUT2D eigenvalue weighted by molar-refractivity contribution is -0.687. The zero-order valence-electron chi connectivity index (χ0n) is 26.8. The molecule has 0 unspecified atom stereocenters. The van der Waals surface area contributed by atoms with Gasteiger partial charge in [0, 0.05) is 46.9 Å². The summed E-state index contributed by atoms with van der Waals surface area (Å²) in [5.74, 6) is -0.181. The SMILES string of the molecule is C=C[C@]1(C)C[C@@H](OC(=O)CSc2nc3cc[n+](Cc4ccc([N+](=O)[O-])cc4)cc3s2)[C@]2(C)[C@H](C)CC[C@]3(CCC(=O)[C@H]32)[C@@H](C)[C@@H]1O. The molecular weight excluding hydrogens is 623 g/mol. The molecule has 3 aliphatic carbocycles. The standard InChI is InChI=1S/C35H42N3O6S2/c1-6-33(4)17-28(34(5)21(2)11-14-35(22(3)31(33)41)15-12-26(39)30(34)35)44-29(40)20-45-32-36-25-13-16-37(19-27(25)46-32)18-23-7-9-24(10-8-23)38(42)43/h6-10,13,16,19,21-22,28,30-31,41H,1,11-12,14-15,17-18,20H2,2-5H3/q+1/t21-,22+,28-,30+,31+,33-,34+,35+/m1/s1. The van der Waals surface area contributed by atoms with Gasteiger partial charge in [0.25, 0.3) is 5.69 Å². The molecule has 8 atom stereocenters. The van der Waals surface area contributed by atoms with Crippen LogP contribution in [0.15, 0.2) is 59.7 Å². The number of Topliss-reactive ketones (excluding diaryl/α,β-unsaturated/α-hetero) is 1. The van der Waals surface area contributed by atoms with Gasteiger partial charge in [-0.25, -0.2) is 4.98 Å². The molecule has 3 fully saturated rings. The Balaban J connectivity index is 1.19. The van der Waals surface area contributed by atoms with Gasteiger partial charge in [-0.05, 0) is 55.1 Å². The number of thioether (sulfide) groups is 1. The first kappa shape index (κ1) is 32.8. The van der Waals surface area contributed by atoms with Crippen LogP contribution in [0.25, 0.3) is 10.2 Å². The van der Waals surface area contributed by atoms with E-state index in [1.165, 1.54) is 35.2 Å². The van der Waals surface area contributed by atoms with Gasteiger partial charge in [-0.15, -0.1) is 17.9 Å². The Labute approximate surface area is 277 Å². The number of benzene rings is 1. The van der Waals surface area contributed by atoms with Gasteiger partial charge in [0.15, 0.2) is 23.3 Å². The Kier molecular flexibility index (Phi) is 8.65. The van der Waals surface area contributed by atoms with E-state index in [4.69, 9.17) is 9.72 Å². The maximum absolute atomic E-state index is 13.6. The van der Waals surface area contributed by atoms with Crippen molar-refractivity contribution < 1.29 is 28.9 Å². The van der Waals surface area contributed by atoms with E-state index >= 15 is 0 Å². The predicted octanol–water partition coefficient (Wildman–Crippen LogP) is 6.54. The van der Waals surface area contributed by atoms with Crippen LogP contribution in [0.2, 0.25) is 0 Å². The number of ketones is 1. The predicted molar refractivity (Wildman–Crippen MR) is 177 cm³/mol. The fourth-order valence-electron chi connectivity index (χ4n) is 8.80. The quantitative estimate of drug-likeness (QED) is 0.0720. The monoisotopic (exact) mass is 664 g/mol. The highest BCUT2D eigenvalue weighted by Crippen LogP contribution is 2.68. The number of hydrogen-bond donors (Lipinski definition) is 1. The van der Waals surface area contributed by atoms with Gasteiger partial charge in [0.2, 0.25) is 0 Å². The molecule has 3 saturated carbocycles. The van der Waals surface area contributed by atoms with Gasteiger partial charge >= 0.3 is 5.97 Å². The molecule has 9 nitrogen and oxygen atoms in total. The van der Waals surface area contributed by atoms with Crippen molar-refractivity contribution in [2.24, 2.45) is 34.0 Å². The van der Waals surface area contributed by atoms with Crippen molar-refractivity contribution in [2.75, 3.05) is 5.75 Å². The Hall–Kier alpha value is -3.15. The summed E-state index contributed by atoms with van der Waals surface area (Å²) in [7, 11) is 0. The van der Waals surface area contributed by atoms with Crippen molar-refractivity contribution in [1.29, 1.82) is 0 Å². The first-order chi connectivity index (χ1) is 21.8. The number of thiazole rings is 1. The molecule has 3 aromatic rings. The highest BCUT2D eigenvalue weighted by atomic mass is 32.2. The highest BCUT2D eigenvalue weighted by molar-refractivity contribution is 8.01. The first-order valence-corrected chi connectivity index (χ1v) is 17.8. The molecular formula is C35H42N3O6S2+. The number of aliphatic hydroxyl groups excluding tert-OH is 1. The summed E-state index contributed by atoms with van der Waals surface area (Å²) < 4.78 is 10.1. The molecule has 2 bridgehead atoms. The van der Waals surface area contributed by atoms with Gasteiger partial charge in [0.05, 0.1) is 22.3 Å². The minimum absolute atomic E-state index is 0.0609. The summed E-state index contributed by atoms with van der Waals surface area (Å²) in [6, 6.07) is 8.43. The van der Waals surface area contributed by atoms with E-state index in [2.05, 4.69) is 27.4 Å². The summed E-state index contributed by atoms with van der Waals surface area (Å²) >= 11 is 2.83. The van der Waals surface area contributed by atoms with Gasteiger partial charge in [-0.1, -0.05) is 45.5 Å². The van der Waals surface area contributed by atoms with Crippen LogP contribution in [0.3, 0.4) is 0 Å². The van der Waals surface area contributed by atoms with Crippen LogP contribution < -0.4 is 4.57 Å². The smallest absolute Gasteiger partial charge is 0.316 e. The van der Waals surface area contributed by atoms with E-state index in [0.717, 1.165) is 39.4 Å². The molecule has 1 N–H and O–H groups in total. The third-order valence-electron chi connectivity index (χ3n) is 11.8. The third kappa shape index (κ3) is 5.48. The molecule has 11 heteroatoms. The number of nitrogens with zero attached hydrogens (tertiary/aromatic N) is 3. The molecule has 6 rings (SSSR count). The second kappa shape index (κ2) is 12.1. The van der Waals surface area contributed by atoms with Crippen LogP contribution in [0, 0.1) is 44.1 Å². The fraction of sp³-hybridized carbons (Fsp3) is 0.543. The molecule has 0 aliphatic heterocycles. The fourth-order valence-corrected chi connectivity index (χ4v) is 10.7. The number of carbonyl (C=O) groups excluding carboxylic acids is 2. The van der Waals surface area contributed by atoms with Crippen LogP contribution in [-0.2, 0) is 20.9 Å². The summed E-state index contributed by atoms with van der Waals surface area (Å²) in [5.41, 5.74) is 0.307. The third-order valence-corrected chi connectivity index (χ3v) is 13.9. The van der Waals surface area contributed by atoms with E-state index < -0.39 is 28.0 Å². The number of hydrogen-bond acceptors (Lipinski definition) is 9. The van der Waals surface area contributed by atoms with Crippen LogP contribution in [0.1, 0.15) is 65.4 Å². The number of esters is 1.